The molecule has 3 nitrogen and oxygen atoms in total. The van der Waals surface area contributed by atoms with E-state index < -0.39 is 0 Å². The van der Waals surface area contributed by atoms with E-state index in [0.717, 1.165) is 16.6 Å². The molecular formula is C9H11ClIN3S. The monoisotopic (exact) mass is 355 g/mol. The van der Waals surface area contributed by atoms with Crippen LogP contribution in [0.25, 0.3) is 11.0 Å². The van der Waals surface area contributed by atoms with Gasteiger partial charge < -0.3 is 0 Å². The van der Waals surface area contributed by atoms with E-state index >= 15 is 0 Å². The first kappa shape index (κ1) is 13.1. The highest BCUT2D eigenvalue weighted by Crippen LogP contribution is 2.29. The summed E-state index contributed by atoms with van der Waals surface area (Å²) in [4.78, 5) is 8.12. The molecule has 2 aromatic rings. The van der Waals surface area contributed by atoms with Crippen LogP contribution in [0, 0.1) is 6.92 Å². The summed E-state index contributed by atoms with van der Waals surface area (Å²) in [6, 6.07) is 0. The van der Waals surface area contributed by atoms with Crippen LogP contribution in [0.4, 0.5) is 0 Å². The van der Waals surface area contributed by atoms with Gasteiger partial charge in [0, 0.05) is 36.5 Å². The lowest BCUT2D eigenvalue weighted by Crippen LogP contribution is -1.85. The number of aryl methyl sites for hydroxylation is 1. The number of hydrogen-bond donors (Lipinski definition) is 0. The quantitative estimate of drug-likeness (QED) is 0.565. The maximum atomic E-state index is 5.96. The van der Waals surface area contributed by atoms with Gasteiger partial charge in [-0.25, -0.2) is 9.97 Å². The summed E-state index contributed by atoms with van der Waals surface area (Å²) in [7, 11) is 1.57. The first-order valence-corrected chi connectivity index (χ1v) is 8.20. The molecule has 82 valence electrons. The Labute approximate surface area is 110 Å². The fourth-order valence-electron chi connectivity index (χ4n) is 1.22. The Morgan fingerprint density at radius 1 is 1.40 bits per heavy atom. The summed E-state index contributed by atoms with van der Waals surface area (Å²) in [5.41, 5.74) is 1.97. The van der Waals surface area contributed by atoms with Crippen molar-refractivity contribution in [3.8, 4) is 0 Å². The molecule has 6 heteroatoms. The summed E-state index contributed by atoms with van der Waals surface area (Å²) in [5, 5.41) is 1.46. The van der Waals surface area contributed by atoms with E-state index in [1.54, 1.807) is 9.12 Å². The predicted molar refractivity (Wildman–Crippen MR) is 75.6 cm³/mol. The van der Waals surface area contributed by atoms with Crippen LogP contribution in [0.5, 0.6) is 0 Å². The van der Waals surface area contributed by atoms with Crippen molar-refractivity contribution in [1.82, 2.24) is 13.9 Å². The zero-order chi connectivity index (χ0) is 11.4. The van der Waals surface area contributed by atoms with Gasteiger partial charge in [0.05, 0.1) is 5.39 Å². The van der Waals surface area contributed by atoms with Crippen LogP contribution in [0.3, 0.4) is 0 Å². The molecule has 0 fully saturated rings. The number of rotatable bonds is 1. The number of nitrogens with zero attached hydrogens (tertiary/aromatic N) is 3. The molecule has 0 atom stereocenters. The lowest BCUT2D eigenvalue weighted by Gasteiger charge is -1.95. The first-order chi connectivity index (χ1) is 7.24. The second-order valence-electron chi connectivity index (χ2n) is 2.57. The van der Waals surface area contributed by atoms with E-state index in [4.69, 9.17) is 11.6 Å². The molecule has 0 bridgehead atoms. The van der Waals surface area contributed by atoms with Crippen LogP contribution < -0.4 is 0 Å². The summed E-state index contributed by atoms with van der Waals surface area (Å²) < 4.78 is 1.97. The second-order valence-corrected chi connectivity index (χ2v) is 4.64. The molecule has 0 aromatic carbocycles. The van der Waals surface area contributed by atoms with Gasteiger partial charge in [0.15, 0.2) is 5.65 Å². The zero-order valence-electron chi connectivity index (χ0n) is 8.66. The molecule has 0 N–H and O–H groups in total. The summed E-state index contributed by atoms with van der Waals surface area (Å²) in [6.45, 7) is 6.00. The number of halogens is 2. The Bertz CT molecular complexity index is 458. The van der Waals surface area contributed by atoms with E-state index in [0.29, 0.717) is 5.15 Å². The topological polar surface area (TPSA) is 30.7 Å². The molecule has 0 aliphatic rings. The van der Waals surface area contributed by atoms with Crippen molar-refractivity contribution < 1.29 is 0 Å². The van der Waals surface area contributed by atoms with Crippen molar-refractivity contribution in [1.29, 1.82) is 0 Å². The van der Waals surface area contributed by atoms with Crippen molar-refractivity contribution in [3.05, 3.63) is 23.2 Å². The average Bonchev–Trinajstić information content (AvgIpc) is 2.60. The molecule has 0 spiro atoms. The van der Waals surface area contributed by atoms with E-state index in [9.17, 15) is 0 Å². The lowest BCUT2D eigenvalue weighted by molar-refractivity contribution is 1.18. The second kappa shape index (κ2) is 5.91. The molecule has 0 saturated carbocycles. The maximum Gasteiger partial charge on any atom is 0.155 e. The van der Waals surface area contributed by atoms with Crippen LogP contribution in [0.2, 0.25) is 5.15 Å². The Balaban J connectivity index is 0.000000531. The molecular weight excluding hydrogens is 345 g/mol. The van der Waals surface area contributed by atoms with Gasteiger partial charge in [-0.1, -0.05) is 25.4 Å². The van der Waals surface area contributed by atoms with Crippen LogP contribution in [0.15, 0.2) is 12.5 Å². The van der Waals surface area contributed by atoms with Gasteiger partial charge in [-0.05, 0) is 12.5 Å². The van der Waals surface area contributed by atoms with Crippen LogP contribution in [0.1, 0.15) is 19.4 Å². The highest BCUT2D eigenvalue weighted by Gasteiger charge is 2.10. The Morgan fingerprint density at radius 2 is 2.07 bits per heavy atom. The fourth-order valence-corrected chi connectivity index (χ4v) is 2.80. The molecule has 2 aromatic heterocycles. The molecule has 2 rings (SSSR count). The minimum atomic E-state index is 0.520. The number of aromatic nitrogens is 3. The van der Waals surface area contributed by atoms with Crippen LogP contribution in [-0.2, 0) is 0 Å². The standard InChI is InChI=1S/C7H5ClIN3S.C2H6/c1-4-2-12(13-9)7-5(4)6(8)10-3-11-7;1-2/h2-3H,1H3;1-2H3. The number of fused-ring (bicyclic) bond motifs is 1. The van der Waals surface area contributed by atoms with Crippen molar-refractivity contribution in [2.75, 3.05) is 0 Å². The molecule has 0 saturated heterocycles. The zero-order valence-corrected chi connectivity index (χ0v) is 12.4. The minimum Gasteiger partial charge on any atom is -0.266 e. The van der Waals surface area contributed by atoms with Gasteiger partial charge in [-0.15, -0.1) is 0 Å². The predicted octanol–water partition coefficient (Wildman–Crippen LogP) is 4.27. The third kappa shape index (κ3) is 2.57. The van der Waals surface area contributed by atoms with Gasteiger partial charge >= 0.3 is 0 Å². The smallest absolute Gasteiger partial charge is 0.155 e. The van der Waals surface area contributed by atoms with Gasteiger partial charge in [0.1, 0.15) is 11.5 Å². The van der Waals surface area contributed by atoms with E-state index in [2.05, 4.69) is 31.2 Å². The number of hydrogen-bond acceptors (Lipinski definition) is 3. The van der Waals surface area contributed by atoms with Crippen molar-refractivity contribution in [2.24, 2.45) is 0 Å². The Hall–Kier alpha value is -0.0100. The first-order valence-electron chi connectivity index (χ1n) is 4.51. The van der Waals surface area contributed by atoms with Crippen molar-refractivity contribution in [2.45, 2.75) is 20.8 Å². The fraction of sp³-hybridized carbons (Fsp3) is 0.333. The van der Waals surface area contributed by atoms with Gasteiger partial charge in [-0.2, -0.15) is 0 Å². The minimum absolute atomic E-state index is 0.520. The molecule has 0 amide bonds. The highest BCUT2D eigenvalue weighted by atomic mass is 127. The van der Waals surface area contributed by atoms with Gasteiger partial charge in [0.2, 0.25) is 0 Å². The van der Waals surface area contributed by atoms with Crippen molar-refractivity contribution in [3.63, 3.8) is 0 Å². The molecule has 0 aliphatic heterocycles. The summed E-state index contributed by atoms with van der Waals surface area (Å²) in [6.07, 6.45) is 3.48. The van der Waals surface area contributed by atoms with E-state index in [1.165, 1.54) is 6.33 Å². The molecule has 15 heavy (non-hydrogen) atoms. The van der Waals surface area contributed by atoms with E-state index in [-0.39, 0.29) is 0 Å². The lowest BCUT2D eigenvalue weighted by atomic mass is 10.3. The summed E-state index contributed by atoms with van der Waals surface area (Å²) in [5.74, 6) is 0. The Morgan fingerprint density at radius 3 is 2.67 bits per heavy atom. The SMILES string of the molecule is CC.Cc1cn(SI)c2ncnc(Cl)c12. The normalized spacial score (nSPS) is 9.93. The van der Waals surface area contributed by atoms with E-state index in [1.807, 2.05) is 30.9 Å². The Kier molecular flexibility index (Phi) is 5.14. The third-order valence-corrected chi connectivity index (χ3v) is 3.76. The van der Waals surface area contributed by atoms with Crippen molar-refractivity contribution >= 4 is 53.0 Å². The molecule has 2 heterocycles. The summed E-state index contributed by atoms with van der Waals surface area (Å²) >= 11 is 8.16. The third-order valence-electron chi connectivity index (χ3n) is 1.77. The van der Waals surface area contributed by atoms with Gasteiger partial charge in [0.25, 0.3) is 0 Å². The maximum absolute atomic E-state index is 5.96. The average molecular weight is 356 g/mol. The molecule has 0 radical (unpaired) electrons. The molecule has 0 unspecified atom stereocenters. The largest absolute Gasteiger partial charge is 0.266 e. The molecule has 0 aliphatic carbocycles. The van der Waals surface area contributed by atoms with Gasteiger partial charge in [-0.3, -0.25) is 3.97 Å². The van der Waals surface area contributed by atoms with Crippen LogP contribution >= 0.6 is 41.9 Å². The van der Waals surface area contributed by atoms with Crippen LogP contribution in [-0.4, -0.2) is 13.9 Å². The highest BCUT2D eigenvalue weighted by molar-refractivity contribution is 14.2.